The molecule has 168 valence electrons. The first-order chi connectivity index (χ1) is 16.4. The normalized spacial score (nSPS) is 23.7. The van der Waals surface area contributed by atoms with Crippen LogP contribution in [0.2, 0.25) is 0 Å². The number of nitrogens with zero attached hydrogens (tertiary/aromatic N) is 1. The van der Waals surface area contributed by atoms with Crippen molar-refractivity contribution in [3.05, 3.63) is 105 Å². The summed E-state index contributed by atoms with van der Waals surface area (Å²) in [6.45, 7) is 3.58. The Kier molecular flexibility index (Phi) is 4.59. The van der Waals surface area contributed by atoms with Crippen LogP contribution in [0.5, 0.6) is 0 Å². The second kappa shape index (κ2) is 7.34. The average molecular weight is 512 g/mol. The van der Waals surface area contributed by atoms with Crippen molar-refractivity contribution >= 4 is 45.0 Å². The standard InChI is InChI=1S/C29H22BrNO3/c1-16-7-8-18-11-14-24-29(27(33)21-5-3-4-6-22(21)28(29)34)25(19-9-12-20(30)13-10-19)26(17(2)32)31(24)23(18)15-16/h3-15,24-26H,1-2H3/t24-,25+,26+/m1/s1. The summed E-state index contributed by atoms with van der Waals surface area (Å²) in [5.74, 6) is -1.07. The van der Waals surface area contributed by atoms with Gasteiger partial charge < -0.3 is 4.90 Å². The smallest absolute Gasteiger partial charge is 0.180 e. The van der Waals surface area contributed by atoms with Crippen molar-refractivity contribution in [1.82, 2.24) is 0 Å². The molecule has 1 spiro atoms. The largest absolute Gasteiger partial charge is 0.352 e. The van der Waals surface area contributed by atoms with E-state index < -0.39 is 23.4 Å². The topological polar surface area (TPSA) is 54.5 Å². The summed E-state index contributed by atoms with van der Waals surface area (Å²) in [6.07, 6.45) is 3.94. The molecule has 2 aliphatic heterocycles. The quantitative estimate of drug-likeness (QED) is 0.409. The Bertz CT molecular complexity index is 1390. The fraction of sp³-hybridized carbons (Fsp3) is 0.207. The molecule has 3 aromatic carbocycles. The second-order valence-corrected chi connectivity index (χ2v) is 10.3. The van der Waals surface area contributed by atoms with Gasteiger partial charge >= 0.3 is 0 Å². The van der Waals surface area contributed by atoms with Gasteiger partial charge in [-0.2, -0.15) is 0 Å². The summed E-state index contributed by atoms with van der Waals surface area (Å²) in [5, 5.41) is 0. The molecule has 4 nitrogen and oxygen atoms in total. The molecule has 5 heteroatoms. The van der Waals surface area contributed by atoms with Crippen LogP contribution in [0.1, 0.15) is 50.2 Å². The van der Waals surface area contributed by atoms with E-state index in [0.29, 0.717) is 11.1 Å². The van der Waals surface area contributed by atoms with E-state index in [1.165, 1.54) is 0 Å². The highest BCUT2D eigenvalue weighted by atomic mass is 79.9. The van der Waals surface area contributed by atoms with Crippen LogP contribution in [0.4, 0.5) is 5.69 Å². The third kappa shape index (κ3) is 2.62. The molecule has 0 saturated carbocycles. The molecular formula is C29H22BrNO3. The summed E-state index contributed by atoms with van der Waals surface area (Å²) < 4.78 is 0.897. The first-order valence-corrected chi connectivity index (χ1v) is 12.2. The van der Waals surface area contributed by atoms with E-state index >= 15 is 0 Å². The van der Waals surface area contributed by atoms with Gasteiger partial charge in [-0.05, 0) is 48.7 Å². The zero-order valence-electron chi connectivity index (χ0n) is 18.8. The molecule has 0 unspecified atom stereocenters. The fourth-order valence-corrected chi connectivity index (χ4v) is 6.53. The SMILES string of the molecule is CC(=O)[C@H]1[C@H](c2ccc(Br)cc2)C2(C(=O)c3ccccc3C2=O)[C@H]2C=Cc3ccc(C)cc3N12. The Morgan fingerprint density at radius 2 is 1.59 bits per heavy atom. The zero-order valence-corrected chi connectivity index (χ0v) is 20.4. The Morgan fingerprint density at radius 3 is 2.21 bits per heavy atom. The molecule has 0 aromatic heterocycles. The van der Waals surface area contributed by atoms with Gasteiger partial charge in [-0.15, -0.1) is 0 Å². The van der Waals surface area contributed by atoms with Crippen molar-refractivity contribution < 1.29 is 14.4 Å². The van der Waals surface area contributed by atoms with E-state index in [0.717, 1.165) is 26.9 Å². The maximum atomic E-state index is 14.3. The van der Waals surface area contributed by atoms with E-state index in [1.807, 2.05) is 60.4 Å². The van der Waals surface area contributed by atoms with E-state index in [2.05, 4.69) is 22.0 Å². The Balaban J connectivity index is 1.69. The Hall–Kier alpha value is -3.31. The van der Waals surface area contributed by atoms with Crippen molar-refractivity contribution in [3.8, 4) is 0 Å². The molecule has 2 heterocycles. The lowest BCUT2D eigenvalue weighted by atomic mass is 9.64. The number of anilines is 1. The van der Waals surface area contributed by atoms with Gasteiger partial charge in [-0.25, -0.2) is 0 Å². The predicted octanol–water partition coefficient (Wildman–Crippen LogP) is 5.78. The van der Waals surface area contributed by atoms with E-state index in [4.69, 9.17) is 0 Å². The average Bonchev–Trinajstić information content (AvgIpc) is 3.27. The number of halogens is 1. The number of fused-ring (bicyclic) bond motifs is 5. The third-order valence-corrected chi connectivity index (χ3v) is 8.14. The molecule has 6 rings (SSSR count). The molecule has 0 radical (unpaired) electrons. The van der Waals surface area contributed by atoms with Crippen LogP contribution in [0.15, 0.2) is 77.3 Å². The molecule has 0 N–H and O–H groups in total. The first kappa shape index (κ1) is 21.2. The Morgan fingerprint density at radius 1 is 0.941 bits per heavy atom. The minimum Gasteiger partial charge on any atom is -0.352 e. The lowest BCUT2D eigenvalue weighted by Gasteiger charge is -2.37. The first-order valence-electron chi connectivity index (χ1n) is 11.4. The number of ketones is 3. The summed E-state index contributed by atoms with van der Waals surface area (Å²) in [5.41, 5.74) is 3.23. The number of Topliss-reactive ketones (excluding diaryl/α,β-unsaturated/α-hetero) is 3. The monoisotopic (exact) mass is 511 g/mol. The molecule has 3 aromatic rings. The lowest BCUT2D eigenvalue weighted by molar-refractivity contribution is -0.118. The Labute approximate surface area is 206 Å². The van der Waals surface area contributed by atoms with Gasteiger partial charge in [0.05, 0.1) is 12.1 Å². The molecule has 0 bridgehead atoms. The number of rotatable bonds is 2. The van der Waals surface area contributed by atoms with Crippen molar-refractivity contribution in [1.29, 1.82) is 0 Å². The van der Waals surface area contributed by atoms with Crippen LogP contribution in [0, 0.1) is 12.3 Å². The van der Waals surface area contributed by atoms with E-state index in [-0.39, 0.29) is 17.3 Å². The van der Waals surface area contributed by atoms with Gasteiger partial charge in [-0.3, -0.25) is 14.4 Å². The van der Waals surface area contributed by atoms with Crippen LogP contribution >= 0.6 is 15.9 Å². The van der Waals surface area contributed by atoms with Crippen LogP contribution in [-0.2, 0) is 4.79 Å². The molecule has 3 aliphatic rings. The predicted molar refractivity (Wildman–Crippen MR) is 135 cm³/mol. The van der Waals surface area contributed by atoms with Gasteiger partial charge in [0.25, 0.3) is 0 Å². The van der Waals surface area contributed by atoms with Crippen molar-refractivity contribution in [2.24, 2.45) is 5.41 Å². The summed E-state index contributed by atoms with van der Waals surface area (Å²) in [7, 11) is 0. The van der Waals surface area contributed by atoms with Crippen molar-refractivity contribution in [3.63, 3.8) is 0 Å². The molecule has 1 fully saturated rings. The van der Waals surface area contributed by atoms with Gasteiger partial charge in [-0.1, -0.05) is 76.6 Å². The molecular weight excluding hydrogens is 490 g/mol. The number of hydrogen-bond donors (Lipinski definition) is 0. The molecule has 1 saturated heterocycles. The molecule has 0 amide bonds. The van der Waals surface area contributed by atoms with Gasteiger partial charge in [0.1, 0.15) is 5.41 Å². The second-order valence-electron chi connectivity index (χ2n) is 9.43. The van der Waals surface area contributed by atoms with Crippen LogP contribution in [0.3, 0.4) is 0 Å². The van der Waals surface area contributed by atoms with E-state index in [9.17, 15) is 14.4 Å². The van der Waals surface area contributed by atoms with Gasteiger partial charge in [0.15, 0.2) is 17.3 Å². The molecule has 34 heavy (non-hydrogen) atoms. The molecule has 1 aliphatic carbocycles. The molecule has 3 atom stereocenters. The lowest BCUT2D eigenvalue weighted by Crippen LogP contribution is -2.48. The minimum absolute atomic E-state index is 0.0610. The van der Waals surface area contributed by atoms with Gasteiger partial charge in [0, 0.05) is 27.2 Å². The zero-order chi connectivity index (χ0) is 23.8. The van der Waals surface area contributed by atoms with Gasteiger partial charge in [0.2, 0.25) is 0 Å². The fourth-order valence-electron chi connectivity index (χ4n) is 6.27. The van der Waals surface area contributed by atoms with Crippen LogP contribution in [-0.4, -0.2) is 29.4 Å². The maximum Gasteiger partial charge on any atom is 0.180 e. The van der Waals surface area contributed by atoms with E-state index in [1.54, 1.807) is 31.2 Å². The number of carbonyl (C=O) groups is 3. The van der Waals surface area contributed by atoms with Crippen LogP contribution in [0.25, 0.3) is 6.08 Å². The number of hydrogen-bond acceptors (Lipinski definition) is 4. The highest BCUT2D eigenvalue weighted by Gasteiger charge is 2.71. The van der Waals surface area contributed by atoms with Crippen molar-refractivity contribution in [2.75, 3.05) is 4.90 Å². The highest BCUT2D eigenvalue weighted by molar-refractivity contribution is 9.10. The maximum absolute atomic E-state index is 14.3. The summed E-state index contributed by atoms with van der Waals surface area (Å²) >= 11 is 3.49. The number of carbonyl (C=O) groups excluding carboxylic acids is 3. The number of benzene rings is 3. The minimum atomic E-state index is -1.41. The van der Waals surface area contributed by atoms with Crippen molar-refractivity contribution in [2.45, 2.75) is 31.8 Å². The number of aryl methyl sites for hydroxylation is 1. The third-order valence-electron chi connectivity index (χ3n) is 7.61. The summed E-state index contributed by atoms with van der Waals surface area (Å²) in [6, 6.07) is 19.6. The van der Waals surface area contributed by atoms with Crippen LogP contribution < -0.4 is 4.90 Å². The highest BCUT2D eigenvalue weighted by Crippen LogP contribution is 2.60. The summed E-state index contributed by atoms with van der Waals surface area (Å²) in [4.78, 5) is 44.0.